The van der Waals surface area contributed by atoms with E-state index in [0.29, 0.717) is 0 Å². The summed E-state index contributed by atoms with van der Waals surface area (Å²) in [7, 11) is 1.72. The van der Waals surface area contributed by atoms with Crippen molar-refractivity contribution in [3.8, 4) is 0 Å². The lowest BCUT2D eigenvalue weighted by Gasteiger charge is -2.06. The van der Waals surface area contributed by atoms with E-state index in [1.165, 1.54) is 16.2 Å². The highest BCUT2D eigenvalue weighted by molar-refractivity contribution is 7.98. The van der Waals surface area contributed by atoms with Gasteiger partial charge in [-0.05, 0) is 24.6 Å². The predicted molar refractivity (Wildman–Crippen MR) is 86.4 cm³/mol. The van der Waals surface area contributed by atoms with Crippen LogP contribution in [0.2, 0.25) is 0 Å². The third-order valence-corrected chi connectivity index (χ3v) is 4.61. The van der Waals surface area contributed by atoms with Gasteiger partial charge >= 0.3 is 0 Å². The molecule has 1 heterocycles. The molecule has 0 aliphatic rings. The van der Waals surface area contributed by atoms with Crippen LogP contribution in [-0.4, -0.2) is 25.2 Å². The number of hydrogen-bond acceptors (Lipinski definition) is 5. The normalized spacial score (nSPS) is 10.9. The van der Waals surface area contributed by atoms with E-state index in [1.54, 1.807) is 18.4 Å². The van der Waals surface area contributed by atoms with Crippen LogP contribution in [0, 0.1) is 6.92 Å². The van der Waals surface area contributed by atoms with Crippen molar-refractivity contribution in [1.82, 2.24) is 10.3 Å². The third-order valence-electron chi connectivity index (χ3n) is 2.76. The van der Waals surface area contributed by atoms with Crippen LogP contribution in [0.5, 0.6) is 0 Å². The standard InChI is InChI=1S/C15H20N2OS2/c1-12-17-14(10-19-12)11-20-15-5-3-4-13(8-15)9-16-6-7-18-2/h3-5,8,10,16H,6-7,9,11H2,1-2H3. The van der Waals surface area contributed by atoms with E-state index in [4.69, 9.17) is 4.74 Å². The Balaban J connectivity index is 1.82. The Bertz CT molecular complexity index is 528. The molecule has 0 saturated heterocycles. The van der Waals surface area contributed by atoms with Gasteiger partial charge in [-0.25, -0.2) is 4.98 Å². The number of benzene rings is 1. The molecule has 0 radical (unpaired) electrons. The highest BCUT2D eigenvalue weighted by Gasteiger charge is 2.01. The lowest BCUT2D eigenvalue weighted by molar-refractivity contribution is 0.199. The summed E-state index contributed by atoms with van der Waals surface area (Å²) in [5, 5.41) is 6.64. The maximum absolute atomic E-state index is 5.02. The molecule has 0 spiro atoms. The van der Waals surface area contributed by atoms with Crippen LogP contribution in [0.25, 0.3) is 0 Å². The summed E-state index contributed by atoms with van der Waals surface area (Å²) in [5.74, 6) is 0.935. The van der Waals surface area contributed by atoms with E-state index >= 15 is 0 Å². The van der Waals surface area contributed by atoms with Crippen LogP contribution < -0.4 is 5.32 Å². The van der Waals surface area contributed by atoms with E-state index in [-0.39, 0.29) is 0 Å². The Kier molecular flexibility index (Phi) is 6.53. The van der Waals surface area contributed by atoms with Gasteiger partial charge in [0.15, 0.2) is 0 Å². The minimum Gasteiger partial charge on any atom is -0.383 e. The van der Waals surface area contributed by atoms with E-state index in [0.717, 1.165) is 30.5 Å². The number of thiazole rings is 1. The fraction of sp³-hybridized carbons (Fsp3) is 0.400. The number of hydrogen-bond donors (Lipinski definition) is 1. The Morgan fingerprint density at radius 3 is 3.05 bits per heavy atom. The summed E-state index contributed by atoms with van der Waals surface area (Å²) in [5.41, 5.74) is 2.47. The number of aryl methyl sites for hydroxylation is 1. The second-order valence-corrected chi connectivity index (χ2v) is 6.57. The summed E-state index contributed by atoms with van der Waals surface area (Å²) < 4.78 is 5.02. The molecule has 1 aromatic carbocycles. The molecule has 2 aromatic rings. The van der Waals surface area contributed by atoms with Crippen LogP contribution in [0.15, 0.2) is 34.5 Å². The minimum absolute atomic E-state index is 0.748. The quantitative estimate of drug-likeness (QED) is 0.598. The SMILES string of the molecule is COCCNCc1cccc(SCc2csc(C)n2)c1. The molecule has 0 aliphatic heterocycles. The number of ether oxygens (including phenoxy) is 1. The Labute approximate surface area is 128 Å². The molecule has 5 heteroatoms. The highest BCUT2D eigenvalue weighted by atomic mass is 32.2. The third kappa shape index (κ3) is 5.25. The molecule has 0 aliphatic carbocycles. The fourth-order valence-electron chi connectivity index (χ4n) is 1.78. The van der Waals surface area contributed by atoms with E-state index < -0.39 is 0 Å². The highest BCUT2D eigenvalue weighted by Crippen LogP contribution is 2.24. The number of methoxy groups -OCH3 is 1. The number of aromatic nitrogens is 1. The number of nitrogens with one attached hydrogen (secondary N) is 1. The molecular formula is C15H20N2OS2. The van der Waals surface area contributed by atoms with E-state index in [2.05, 4.69) is 39.9 Å². The van der Waals surface area contributed by atoms with Crippen LogP contribution in [0.3, 0.4) is 0 Å². The number of rotatable bonds is 8. The lowest BCUT2D eigenvalue weighted by Crippen LogP contribution is -2.18. The maximum atomic E-state index is 5.02. The molecule has 1 aromatic heterocycles. The molecule has 0 amide bonds. The van der Waals surface area contributed by atoms with Crippen molar-refractivity contribution in [3.05, 3.63) is 45.9 Å². The maximum Gasteiger partial charge on any atom is 0.0897 e. The average molecular weight is 308 g/mol. The second-order valence-electron chi connectivity index (χ2n) is 4.46. The monoisotopic (exact) mass is 308 g/mol. The lowest BCUT2D eigenvalue weighted by atomic mass is 10.2. The number of thioether (sulfide) groups is 1. The van der Waals surface area contributed by atoms with Crippen molar-refractivity contribution in [2.24, 2.45) is 0 Å². The second kappa shape index (κ2) is 8.42. The summed E-state index contributed by atoms with van der Waals surface area (Å²) >= 11 is 3.55. The van der Waals surface area contributed by atoms with Gasteiger partial charge < -0.3 is 10.1 Å². The first-order valence-electron chi connectivity index (χ1n) is 6.60. The van der Waals surface area contributed by atoms with Gasteiger partial charge in [-0.1, -0.05) is 12.1 Å². The van der Waals surface area contributed by atoms with Crippen LogP contribution in [0.1, 0.15) is 16.3 Å². The molecule has 0 bridgehead atoms. The molecule has 0 atom stereocenters. The summed E-state index contributed by atoms with van der Waals surface area (Å²) in [6.45, 7) is 4.56. The van der Waals surface area contributed by atoms with Gasteiger partial charge in [0, 0.05) is 36.2 Å². The van der Waals surface area contributed by atoms with Crippen molar-refractivity contribution >= 4 is 23.1 Å². The molecule has 0 unspecified atom stereocenters. The Hall–Kier alpha value is -0.880. The summed E-state index contributed by atoms with van der Waals surface area (Å²) in [6, 6.07) is 8.66. The van der Waals surface area contributed by atoms with Gasteiger partial charge in [-0.15, -0.1) is 23.1 Å². The Morgan fingerprint density at radius 2 is 2.30 bits per heavy atom. The topological polar surface area (TPSA) is 34.1 Å². The van der Waals surface area contributed by atoms with Crippen LogP contribution >= 0.6 is 23.1 Å². The predicted octanol–water partition coefficient (Wildman–Crippen LogP) is 3.48. The van der Waals surface area contributed by atoms with Gasteiger partial charge in [-0.3, -0.25) is 0 Å². The fourth-order valence-corrected chi connectivity index (χ4v) is 3.37. The molecule has 20 heavy (non-hydrogen) atoms. The van der Waals surface area contributed by atoms with Crippen molar-refractivity contribution < 1.29 is 4.74 Å². The van der Waals surface area contributed by atoms with Crippen molar-refractivity contribution in [1.29, 1.82) is 0 Å². The van der Waals surface area contributed by atoms with E-state index in [1.807, 2.05) is 18.7 Å². The summed E-state index contributed by atoms with van der Waals surface area (Å²) in [4.78, 5) is 5.78. The molecule has 0 fully saturated rings. The van der Waals surface area contributed by atoms with Crippen molar-refractivity contribution in [2.45, 2.75) is 24.1 Å². The zero-order chi connectivity index (χ0) is 14.2. The van der Waals surface area contributed by atoms with Crippen molar-refractivity contribution in [3.63, 3.8) is 0 Å². The zero-order valence-electron chi connectivity index (χ0n) is 11.9. The molecular weight excluding hydrogens is 288 g/mol. The largest absolute Gasteiger partial charge is 0.383 e. The minimum atomic E-state index is 0.748. The average Bonchev–Trinajstić information content (AvgIpc) is 2.88. The first-order valence-corrected chi connectivity index (χ1v) is 8.47. The van der Waals surface area contributed by atoms with E-state index in [9.17, 15) is 0 Å². The molecule has 1 N–H and O–H groups in total. The molecule has 0 saturated carbocycles. The van der Waals surface area contributed by atoms with Crippen LogP contribution in [0.4, 0.5) is 0 Å². The van der Waals surface area contributed by atoms with Gasteiger partial charge in [0.2, 0.25) is 0 Å². The first-order chi connectivity index (χ1) is 9.78. The van der Waals surface area contributed by atoms with Crippen molar-refractivity contribution in [2.75, 3.05) is 20.3 Å². The van der Waals surface area contributed by atoms with Crippen LogP contribution in [-0.2, 0) is 17.0 Å². The van der Waals surface area contributed by atoms with Gasteiger partial charge in [0.1, 0.15) is 0 Å². The molecule has 3 nitrogen and oxygen atoms in total. The smallest absolute Gasteiger partial charge is 0.0897 e. The summed E-state index contributed by atoms with van der Waals surface area (Å²) in [6.07, 6.45) is 0. The van der Waals surface area contributed by atoms with Gasteiger partial charge in [0.05, 0.1) is 17.3 Å². The van der Waals surface area contributed by atoms with Gasteiger partial charge in [0.25, 0.3) is 0 Å². The zero-order valence-corrected chi connectivity index (χ0v) is 13.5. The van der Waals surface area contributed by atoms with Gasteiger partial charge in [-0.2, -0.15) is 0 Å². The number of nitrogens with zero attached hydrogens (tertiary/aromatic N) is 1. The Morgan fingerprint density at radius 1 is 1.40 bits per heavy atom. The molecule has 2 rings (SSSR count). The molecule has 108 valence electrons. The first kappa shape index (κ1) is 15.5.